The summed E-state index contributed by atoms with van der Waals surface area (Å²) < 4.78 is 6.01. The lowest BCUT2D eigenvalue weighted by Crippen LogP contribution is -2.26. The molecule has 0 aliphatic carbocycles. The van der Waals surface area contributed by atoms with Crippen molar-refractivity contribution in [2.75, 3.05) is 6.54 Å². The number of ether oxygens (including phenoxy) is 1. The first-order valence-electron chi connectivity index (χ1n) is 6.90. The summed E-state index contributed by atoms with van der Waals surface area (Å²) in [6.07, 6.45) is 4.05. The van der Waals surface area contributed by atoms with Crippen LogP contribution < -0.4 is 10.1 Å². The van der Waals surface area contributed by atoms with Crippen LogP contribution in [0.1, 0.15) is 12.0 Å². The van der Waals surface area contributed by atoms with Crippen LogP contribution in [0.4, 0.5) is 4.79 Å². The molecule has 1 aromatic carbocycles. The number of hydrogen-bond acceptors (Lipinski definition) is 3. The molecule has 5 heteroatoms. The molecule has 2 aromatic rings. The van der Waals surface area contributed by atoms with Crippen LogP contribution in [0.2, 0.25) is 0 Å². The van der Waals surface area contributed by atoms with Crippen molar-refractivity contribution in [2.45, 2.75) is 18.9 Å². The number of amides is 1. The minimum absolute atomic E-state index is 0.0182. The second-order valence-electron chi connectivity index (χ2n) is 5.00. The molecule has 0 saturated heterocycles. The lowest BCUT2D eigenvalue weighted by molar-refractivity contribution is 0.188. The van der Waals surface area contributed by atoms with Gasteiger partial charge in [-0.05, 0) is 11.6 Å². The number of para-hydroxylation sites is 1. The highest BCUT2D eigenvalue weighted by molar-refractivity contribution is 5.72. The minimum Gasteiger partial charge on any atom is -0.489 e. The molecule has 0 bridgehead atoms. The molecule has 2 heterocycles. The fourth-order valence-corrected chi connectivity index (χ4v) is 2.59. The number of carboxylic acid groups (broad SMARTS) is 1. The maximum Gasteiger partial charge on any atom is 0.404 e. The van der Waals surface area contributed by atoms with Crippen molar-refractivity contribution in [3.8, 4) is 16.9 Å². The molecule has 0 radical (unpaired) electrons. The Hall–Kier alpha value is -2.56. The highest BCUT2D eigenvalue weighted by Crippen LogP contribution is 2.38. The third-order valence-corrected chi connectivity index (χ3v) is 3.54. The van der Waals surface area contributed by atoms with Crippen LogP contribution in [0.5, 0.6) is 5.75 Å². The van der Waals surface area contributed by atoms with Crippen LogP contribution in [0.25, 0.3) is 11.1 Å². The minimum atomic E-state index is -0.999. The zero-order valence-corrected chi connectivity index (χ0v) is 11.5. The molecule has 0 fully saturated rings. The summed E-state index contributed by atoms with van der Waals surface area (Å²) in [7, 11) is 0. The van der Waals surface area contributed by atoms with Crippen molar-refractivity contribution in [2.24, 2.45) is 0 Å². The van der Waals surface area contributed by atoms with Gasteiger partial charge in [0.1, 0.15) is 11.9 Å². The fourth-order valence-electron chi connectivity index (χ4n) is 2.59. The molecule has 3 rings (SSSR count). The molecule has 1 amide bonds. The van der Waals surface area contributed by atoms with Gasteiger partial charge in [0, 0.05) is 42.9 Å². The van der Waals surface area contributed by atoms with E-state index in [9.17, 15) is 4.79 Å². The Balaban J connectivity index is 1.76. The Kier molecular flexibility index (Phi) is 3.73. The SMILES string of the molecule is O=C(O)NCCC1Cc2cccc(-c3cccnc3)c2O1. The predicted octanol–water partition coefficient (Wildman–Crippen LogP) is 2.71. The summed E-state index contributed by atoms with van der Waals surface area (Å²) in [6, 6.07) is 10.00. The molecular formula is C16H16N2O3. The highest BCUT2D eigenvalue weighted by Gasteiger charge is 2.25. The first-order chi connectivity index (χ1) is 10.2. The van der Waals surface area contributed by atoms with Crippen molar-refractivity contribution >= 4 is 6.09 Å². The molecule has 108 valence electrons. The number of aromatic nitrogens is 1. The zero-order chi connectivity index (χ0) is 14.7. The normalized spacial score (nSPS) is 16.1. The quantitative estimate of drug-likeness (QED) is 0.905. The van der Waals surface area contributed by atoms with Crippen LogP contribution in [-0.4, -0.2) is 28.8 Å². The number of pyridine rings is 1. The lowest BCUT2D eigenvalue weighted by atomic mass is 10.0. The Morgan fingerprint density at radius 2 is 2.29 bits per heavy atom. The molecule has 1 aliphatic heterocycles. The monoisotopic (exact) mass is 284 g/mol. The van der Waals surface area contributed by atoms with Crippen molar-refractivity contribution in [3.05, 3.63) is 48.3 Å². The molecule has 21 heavy (non-hydrogen) atoms. The molecule has 5 nitrogen and oxygen atoms in total. The van der Waals surface area contributed by atoms with E-state index in [1.165, 1.54) is 0 Å². The first-order valence-corrected chi connectivity index (χ1v) is 6.90. The number of hydrogen-bond donors (Lipinski definition) is 2. The molecule has 0 saturated carbocycles. The van der Waals surface area contributed by atoms with Gasteiger partial charge < -0.3 is 15.2 Å². The van der Waals surface area contributed by atoms with E-state index in [2.05, 4.69) is 16.4 Å². The summed E-state index contributed by atoms with van der Waals surface area (Å²) in [5.41, 5.74) is 3.23. The van der Waals surface area contributed by atoms with Gasteiger partial charge >= 0.3 is 6.09 Å². The third-order valence-electron chi connectivity index (χ3n) is 3.54. The Labute approximate surface area is 122 Å². The molecule has 1 aliphatic rings. The Bertz CT molecular complexity index is 643. The van der Waals surface area contributed by atoms with Crippen LogP contribution in [-0.2, 0) is 6.42 Å². The van der Waals surface area contributed by atoms with Gasteiger partial charge in [-0.25, -0.2) is 4.79 Å². The zero-order valence-electron chi connectivity index (χ0n) is 11.5. The number of benzene rings is 1. The topological polar surface area (TPSA) is 71.5 Å². The second kappa shape index (κ2) is 5.83. The van der Waals surface area contributed by atoms with Crippen LogP contribution in [0.3, 0.4) is 0 Å². The standard InChI is InChI=1S/C16H16N2O3/c19-16(20)18-8-6-13-9-11-3-1-5-14(15(11)21-13)12-4-2-7-17-10-12/h1-5,7,10,13,18H,6,8-9H2,(H,19,20). The predicted molar refractivity (Wildman–Crippen MR) is 78.4 cm³/mol. The van der Waals surface area contributed by atoms with Gasteiger partial charge in [0.05, 0.1) is 0 Å². The van der Waals surface area contributed by atoms with Crippen LogP contribution in [0, 0.1) is 0 Å². The van der Waals surface area contributed by atoms with Gasteiger partial charge in [-0.2, -0.15) is 0 Å². The van der Waals surface area contributed by atoms with Crippen molar-refractivity contribution in [3.63, 3.8) is 0 Å². The average molecular weight is 284 g/mol. The summed E-state index contributed by atoms with van der Waals surface area (Å²) >= 11 is 0. The van der Waals surface area contributed by atoms with Gasteiger partial charge in [-0.3, -0.25) is 4.98 Å². The third kappa shape index (κ3) is 2.97. The van der Waals surface area contributed by atoms with Gasteiger partial charge in [-0.15, -0.1) is 0 Å². The molecule has 1 atom stereocenters. The van der Waals surface area contributed by atoms with Crippen molar-refractivity contribution in [1.29, 1.82) is 0 Å². The van der Waals surface area contributed by atoms with E-state index >= 15 is 0 Å². The van der Waals surface area contributed by atoms with E-state index in [0.717, 1.165) is 28.9 Å². The first kappa shape index (κ1) is 13.4. The maximum absolute atomic E-state index is 10.5. The van der Waals surface area contributed by atoms with Crippen LogP contribution in [0.15, 0.2) is 42.7 Å². The second-order valence-corrected chi connectivity index (χ2v) is 5.00. The number of rotatable bonds is 4. The van der Waals surface area contributed by atoms with E-state index in [0.29, 0.717) is 13.0 Å². The molecule has 0 spiro atoms. The van der Waals surface area contributed by atoms with E-state index in [-0.39, 0.29) is 6.10 Å². The van der Waals surface area contributed by atoms with Crippen LogP contribution >= 0.6 is 0 Å². The molecule has 2 N–H and O–H groups in total. The summed E-state index contributed by atoms with van der Waals surface area (Å²) in [6.45, 7) is 0.399. The largest absolute Gasteiger partial charge is 0.489 e. The van der Waals surface area contributed by atoms with Gasteiger partial charge in [0.2, 0.25) is 0 Å². The molecule has 1 unspecified atom stereocenters. The van der Waals surface area contributed by atoms with Gasteiger partial charge in [0.25, 0.3) is 0 Å². The average Bonchev–Trinajstić information content (AvgIpc) is 2.90. The van der Waals surface area contributed by atoms with E-state index in [1.54, 1.807) is 6.20 Å². The van der Waals surface area contributed by atoms with E-state index in [4.69, 9.17) is 9.84 Å². The van der Waals surface area contributed by atoms with E-state index < -0.39 is 6.09 Å². The molecular weight excluding hydrogens is 268 g/mol. The van der Waals surface area contributed by atoms with Crippen molar-refractivity contribution in [1.82, 2.24) is 10.3 Å². The summed E-state index contributed by atoms with van der Waals surface area (Å²) in [5.74, 6) is 0.894. The number of nitrogens with one attached hydrogen (secondary N) is 1. The fraction of sp³-hybridized carbons (Fsp3) is 0.250. The number of carbonyl (C=O) groups is 1. The lowest BCUT2D eigenvalue weighted by Gasteiger charge is -2.12. The Morgan fingerprint density at radius 3 is 3.05 bits per heavy atom. The Morgan fingerprint density at radius 1 is 1.38 bits per heavy atom. The summed E-state index contributed by atoms with van der Waals surface area (Å²) in [5, 5.41) is 11.0. The summed E-state index contributed by atoms with van der Waals surface area (Å²) in [4.78, 5) is 14.6. The number of fused-ring (bicyclic) bond motifs is 1. The van der Waals surface area contributed by atoms with Gasteiger partial charge in [-0.1, -0.05) is 24.3 Å². The van der Waals surface area contributed by atoms with Crippen molar-refractivity contribution < 1.29 is 14.6 Å². The van der Waals surface area contributed by atoms with Gasteiger partial charge in [0.15, 0.2) is 0 Å². The number of nitrogens with zero attached hydrogens (tertiary/aromatic N) is 1. The maximum atomic E-state index is 10.5. The smallest absolute Gasteiger partial charge is 0.404 e. The highest BCUT2D eigenvalue weighted by atomic mass is 16.5. The molecule has 1 aromatic heterocycles. The van der Waals surface area contributed by atoms with E-state index in [1.807, 2.05) is 30.5 Å².